The largest absolute Gasteiger partial charge is 0.478 e. The van der Waals surface area contributed by atoms with Crippen LogP contribution in [0.25, 0.3) is 0 Å². The smallest absolute Gasteiger partial charge is 0.327 e. The van der Waals surface area contributed by atoms with Crippen LogP contribution in [0.1, 0.15) is 13.8 Å². The zero-order valence-electron chi connectivity index (χ0n) is 11.7. The number of nitro benzene ring substituents is 1. The Hall–Kier alpha value is -2.96. The average Bonchev–Trinajstić information content (AvgIpc) is 2.40. The Labute approximate surface area is 122 Å². The Morgan fingerprint density at radius 3 is 1.52 bits per heavy atom. The van der Waals surface area contributed by atoms with Crippen LogP contribution in [0, 0.1) is 10.1 Å². The molecule has 0 aliphatic heterocycles. The number of nitro groups is 1. The molecule has 0 unspecified atom stereocenters. The van der Waals surface area contributed by atoms with Crippen LogP contribution in [0.4, 0.5) is 5.69 Å². The number of benzene rings is 1. The van der Waals surface area contributed by atoms with Crippen LogP contribution in [-0.4, -0.2) is 27.1 Å². The summed E-state index contributed by atoms with van der Waals surface area (Å²) in [6, 6.07) is 7.93. The Balaban J connectivity index is 0. The average molecular weight is 295 g/mol. The summed E-state index contributed by atoms with van der Waals surface area (Å²) >= 11 is 0. The SMILES string of the molecule is C/C=C/C(=O)O.C/C=C/C(=O)O.O=[N+]([O-])c1ccccc1. The fourth-order valence-electron chi connectivity index (χ4n) is 0.835. The maximum atomic E-state index is 10.0. The fourth-order valence-corrected chi connectivity index (χ4v) is 0.835. The fraction of sp³-hybridized carbons (Fsp3) is 0.143. The van der Waals surface area contributed by atoms with Gasteiger partial charge < -0.3 is 10.2 Å². The predicted octanol–water partition coefficient (Wildman–Crippen LogP) is 2.89. The highest BCUT2D eigenvalue weighted by atomic mass is 16.6. The Kier molecular flexibility index (Phi) is 13.1. The lowest BCUT2D eigenvalue weighted by Crippen LogP contribution is -1.84. The van der Waals surface area contributed by atoms with Crippen LogP contribution >= 0.6 is 0 Å². The maximum Gasteiger partial charge on any atom is 0.327 e. The van der Waals surface area contributed by atoms with Crippen molar-refractivity contribution in [2.45, 2.75) is 13.8 Å². The topological polar surface area (TPSA) is 118 Å². The van der Waals surface area contributed by atoms with Crippen molar-refractivity contribution in [3.8, 4) is 0 Å². The number of rotatable bonds is 3. The number of aliphatic carboxylic acids is 2. The van der Waals surface area contributed by atoms with Gasteiger partial charge in [0.25, 0.3) is 5.69 Å². The molecule has 0 atom stereocenters. The van der Waals surface area contributed by atoms with Crippen molar-refractivity contribution >= 4 is 17.6 Å². The molecule has 1 rings (SSSR count). The standard InChI is InChI=1S/C6H5NO2.2C4H6O2/c8-7(9)6-4-2-1-3-5-6;2*1-2-3-4(5)6/h1-5H;2*2-3H,1H3,(H,5,6)/b;2*3-2+. The summed E-state index contributed by atoms with van der Waals surface area (Å²) in [6.07, 6.45) is 5.12. The van der Waals surface area contributed by atoms with Crippen LogP contribution in [0.3, 0.4) is 0 Å². The van der Waals surface area contributed by atoms with Crippen molar-refractivity contribution in [3.63, 3.8) is 0 Å². The molecule has 0 aliphatic rings. The second-order valence-corrected chi connectivity index (χ2v) is 3.27. The number of carboxylic acids is 2. The summed E-state index contributed by atoms with van der Waals surface area (Å²) < 4.78 is 0. The number of nitrogens with zero attached hydrogens (tertiary/aromatic N) is 1. The Bertz CT molecular complexity index is 471. The first kappa shape index (κ1) is 20.4. The molecule has 0 heterocycles. The molecule has 114 valence electrons. The van der Waals surface area contributed by atoms with E-state index in [4.69, 9.17) is 10.2 Å². The number of hydrogen-bond donors (Lipinski definition) is 2. The maximum absolute atomic E-state index is 10.0. The van der Waals surface area contributed by atoms with Crippen LogP contribution in [0.2, 0.25) is 0 Å². The van der Waals surface area contributed by atoms with Crippen LogP contribution in [0.15, 0.2) is 54.6 Å². The minimum absolute atomic E-state index is 0.137. The lowest BCUT2D eigenvalue weighted by Gasteiger charge is -1.85. The van der Waals surface area contributed by atoms with Crippen molar-refractivity contribution < 1.29 is 24.7 Å². The predicted molar refractivity (Wildman–Crippen MR) is 78.0 cm³/mol. The third kappa shape index (κ3) is 17.0. The van der Waals surface area contributed by atoms with E-state index in [1.807, 2.05) is 0 Å². The van der Waals surface area contributed by atoms with Crippen molar-refractivity contribution in [2.75, 3.05) is 0 Å². The van der Waals surface area contributed by atoms with Crippen molar-refractivity contribution in [2.24, 2.45) is 0 Å². The first-order valence-electron chi connectivity index (χ1n) is 5.75. The number of para-hydroxylation sites is 1. The van der Waals surface area contributed by atoms with E-state index in [-0.39, 0.29) is 5.69 Å². The molecule has 0 radical (unpaired) electrons. The minimum Gasteiger partial charge on any atom is -0.478 e. The van der Waals surface area contributed by atoms with E-state index in [0.717, 1.165) is 12.2 Å². The molecule has 1 aromatic rings. The van der Waals surface area contributed by atoms with Crippen LogP contribution < -0.4 is 0 Å². The van der Waals surface area contributed by atoms with Gasteiger partial charge in [-0.25, -0.2) is 9.59 Å². The molecular formula is C14H17NO6. The highest BCUT2D eigenvalue weighted by Crippen LogP contribution is 2.06. The molecule has 0 saturated carbocycles. The first-order chi connectivity index (χ1) is 9.84. The van der Waals surface area contributed by atoms with Crippen LogP contribution in [0.5, 0.6) is 0 Å². The normalized spacial score (nSPS) is 9.24. The number of carboxylic acid groups (broad SMARTS) is 2. The molecule has 0 aliphatic carbocycles. The molecule has 21 heavy (non-hydrogen) atoms. The number of hydrogen-bond acceptors (Lipinski definition) is 4. The molecule has 2 N–H and O–H groups in total. The molecule has 0 amide bonds. The highest BCUT2D eigenvalue weighted by molar-refractivity contribution is 5.79. The first-order valence-corrected chi connectivity index (χ1v) is 5.75. The number of carbonyl (C=O) groups is 2. The zero-order chi connectivity index (χ0) is 16.7. The Morgan fingerprint density at radius 2 is 1.38 bits per heavy atom. The van der Waals surface area contributed by atoms with Gasteiger partial charge in [-0.1, -0.05) is 30.4 Å². The van der Waals surface area contributed by atoms with Gasteiger partial charge in [0.15, 0.2) is 0 Å². The lowest BCUT2D eigenvalue weighted by molar-refractivity contribution is -0.384. The summed E-state index contributed by atoms with van der Waals surface area (Å²) in [5.74, 6) is -1.78. The van der Waals surface area contributed by atoms with Gasteiger partial charge in [0.1, 0.15) is 0 Å². The van der Waals surface area contributed by atoms with E-state index in [1.165, 1.54) is 24.3 Å². The number of non-ortho nitro benzene ring substituents is 1. The molecule has 0 aromatic heterocycles. The van der Waals surface area contributed by atoms with Crippen LogP contribution in [-0.2, 0) is 9.59 Å². The summed E-state index contributed by atoms with van der Waals surface area (Å²) in [4.78, 5) is 28.6. The van der Waals surface area contributed by atoms with Gasteiger partial charge in [-0.3, -0.25) is 10.1 Å². The van der Waals surface area contributed by atoms with E-state index in [0.29, 0.717) is 0 Å². The van der Waals surface area contributed by atoms with Gasteiger partial charge >= 0.3 is 11.9 Å². The molecule has 0 spiro atoms. The van der Waals surface area contributed by atoms with Crippen molar-refractivity contribution in [1.29, 1.82) is 0 Å². The highest BCUT2D eigenvalue weighted by Gasteiger charge is 1.98. The molecular weight excluding hydrogens is 278 g/mol. The second-order valence-electron chi connectivity index (χ2n) is 3.27. The van der Waals surface area contributed by atoms with Crippen molar-refractivity contribution in [3.05, 3.63) is 64.8 Å². The molecule has 7 heteroatoms. The number of allylic oxidation sites excluding steroid dienone is 2. The van der Waals surface area contributed by atoms with Gasteiger partial charge in [0.05, 0.1) is 4.92 Å². The van der Waals surface area contributed by atoms with Gasteiger partial charge in [-0.15, -0.1) is 0 Å². The molecule has 1 aromatic carbocycles. The zero-order valence-corrected chi connectivity index (χ0v) is 11.7. The summed E-state index contributed by atoms with van der Waals surface area (Å²) in [7, 11) is 0. The second kappa shape index (κ2) is 13.5. The monoisotopic (exact) mass is 295 g/mol. The summed E-state index contributed by atoms with van der Waals surface area (Å²) in [5.41, 5.74) is 0.137. The molecule has 0 fully saturated rings. The molecule has 0 saturated heterocycles. The van der Waals surface area contributed by atoms with Crippen molar-refractivity contribution in [1.82, 2.24) is 0 Å². The lowest BCUT2D eigenvalue weighted by atomic mass is 10.3. The van der Waals surface area contributed by atoms with E-state index in [2.05, 4.69) is 0 Å². The summed E-state index contributed by atoms with van der Waals surface area (Å²) in [6.45, 7) is 3.32. The molecule has 0 bridgehead atoms. The van der Waals surface area contributed by atoms with Gasteiger partial charge in [-0.05, 0) is 13.8 Å². The van der Waals surface area contributed by atoms with E-state index >= 15 is 0 Å². The van der Waals surface area contributed by atoms with Gasteiger partial charge in [0.2, 0.25) is 0 Å². The van der Waals surface area contributed by atoms with E-state index < -0.39 is 16.9 Å². The Morgan fingerprint density at radius 1 is 1.00 bits per heavy atom. The summed E-state index contributed by atoms with van der Waals surface area (Å²) in [5, 5.41) is 25.7. The third-order valence-electron chi connectivity index (χ3n) is 1.59. The molecule has 7 nitrogen and oxygen atoms in total. The van der Waals surface area contributed by atoms with Gasteiger partial charge in [0, 0.05) is 24.3 Å². The third-order valence-corrected chi connectivity index (χ3v) is 1.59. The van der Waals surface area contributed by atoms with E-state index in [1.54, 1.807) is 32.0 Å². The van der Waals surface area contributed by atoms with Gasteiger partial charge in [-0.2, -0.15) is 0 Å². The minimum atomic E-state index is -0.891. The van der Waals surface area contributed by atoms with E-state index in [9.17, 15) is 19.7 Å². The quantitative estimate of drug-likeness (QED) is 0.503.